The summed E-state index contributed by atoms with van der Waals surface area (Å²) in [5, 5.41) is 9.64. The molecule has 1 aliphatic rings. The predicted octanol–water partition coefficient (Wildman–Crippen LogP) is 5.11. The monoisotopic (exact) mass is 528 g/mol. The normalized spacial score (nSPS) is 15.1. The number of benzene rings is 2. The van der Waals surface area contributed by atoms with Gasteiger partial charge in [-0.3, -0.25) is 0 Å². The zero-order chi connectivity index (χ0) is 26.0. The van der Waals surface area contributed by atoms with Gasteiger partial charge in [0.05, 0.1) is 26.4 Å². The lowest BCUT2D eigenvalue weighted by Gasteiger charge is -2.22. The van der Waals surface area contributed by atoms with E-state index in [0.29, 0.717) is 25.0 Å². The highest BCUT2D eigenvalue weighted by molar-refractivity contribution is 7.99. The minimum Gasteiger partial charge on any atom is -0.501 e. The molecule has 1 aliphatic heterocycles. The lowest BCUT2D eigenvalue weighted by atomic mass is 10.1. The van der Waals surface area contributed by atoms with Gasteiger partial charge < -0.3 is 19.3 Å². The van der Waals surface area contributed by atoms with Crippen molar-refractivity contribution in [3.63, 3.8) is 0 Å². The quantitative estimate of drug-likeness (QED) is 0.197. The second-order valence-corrected chi connectivity index (χ2v) is 9.97. The average Bonchev–Trinajstić information content (AvgIpc) is 2.90. The highest BCUT2D eigenvalue weighted by Gasteiger charge is 2.21. The molecule has 0 aromatic heterocycles. The molecule has 0 spiro atoms. The van der Waals surface area contributed by atoms with Crippen LogP contribution in [0, 0.1) is 11.8 Å². The van der Waals surface area contributed by atoms with Crippen molar-refractivity contribution in [2.45, 2.75) is 47.7 Å². The van der Waals surface area contributed by atoms with Crippen LogP contribution in [0.5, 0.6) is 0 Å². The maximum absolute atomic E-state index is 11.3. The fourth-order valence-corrected chi connectivity index (χ4v) is 4.95. The number of aliphatic hydroxyl groups excluding tert-OH is 1. The van der Waals surface area contributed by atoms with E-state index in [1.165, 1.54) is 23.0 Å². The second kappa shape index (κ2) is 17.6. The molecule has 36 heavy (non-hydrogen) atoms. The number of esters is 2. The molecule has 0 fully saturated rings. The largest absolute Gasteiger partial charge is 0.501 e. The smallest absolute Gasteiger partial charge is 0.384 e. The third-order valence-corrected chi connectivity index (χ3v) is 6.97. The molecule has 2 unspecified atom stereocenters. The number of methoxy groups -OCH3 is 2. The minimum absolute atomic E-state index is 0.0614. The number of rotatable bonds is 10. The summed E-state index contributed by atoms with van der Waals surface area (Å²) in [6.07, 6.45) is 3.32. The number of carbonyl (C=O) groups excluding carboxylic acids is 2. The van der Waals surface area contributed by atoms with Crippen LogP contribution in [0.4, 0.5) is 0 Å². The van der Waals surface area contributed by atoms with Crippen LogP contribution in [0.1, 0.15) is 25.7 Å². The molecule has 1 N–H and O–H groups in total. The molecule has 1 heterocycles. The molecule has 2 aromatic carbocycles. The Bertz CT molecular complexity index is 1010. The van der Waals surface area contributed by atoms with Crippen LogP contribution >= 0.6 is 23.5 Å². The van der Waals surface area contributed by atoms with E-state index in [2.05, 4.69) is 28.7 Å². The lowest BCUT2D eigenvalue weighted by molar-refractivity contribution is -0.145. The maximum atomic E-state index is 11.3. The van der Waals surface area contributed by atoms with Gasteiger partial charge in [0.25, 0.3) is 0 Å². The van der Waals surface area contributed by atoms with Crippen LogP contribution in [-0.2, 0) is 23.8 Å². The fraction of sp³-hybridized carbons (Fsp3) is 0.357. The van der Waals surface area contributed by atoms with E-state index in [-0.39, 0.29) is 12.1 Å². The van der Waals surface area contributed by atoms with E-state index in [1.54, 1.807) is 30.6 Å². The number of thioether (sulfide) groups is 2. The molecule has 0 saturated carbocycles. The highest BCUT2D eigenvalue weighted by atomic mass is 32.2. The van der Waals surface area contributed by atoms with Gasteiger partial charge in [0, 0.05) is 40.1 Å². The summed E-state index contributed by atoms with van der Waals surface area (Å²) in [5.41, 5.74) is 0. The molecule has 6 nitrogen and oxygen atoms in total. The van der Waals surface area contributed by atoms with Crippen molar-refractivity contribution in [3.05, 3.63) is 72.5 Å². The van der Waals surface area contributed by atoms with Gasteiger partial charge in [-0.25, -0.2) is 9.59 Å². The van der Waals surface area contributed by atoms with E-state index in [4.69, 9.17) is 9.47 Å². The zero-order valence-corrected chi connectivity index (χ0v) is 22.2. The second-order valence-electron chi connectivity index (χ2n) is 7.63. The van der Waals surface area contributed by atoms with Crippen LogP contribution in [0.15, 0.2) is 82.3 Å². The van der Waals surface area contributed by atoms with Gasteiger partial charge in [-0.15, -0.1) is 23.5 Å². The van der Waals surface area contributed by atoms with Crippen molar-refractivity contribution in [2.75, 3.05) is 25.7 Å². The standard InChI is InChI=1S/2C14H16O3S/c1-16-12-9-11(17-14(15)10-12)7-8-18-13-5-3-2-4-6-13;1-17-14(16)9-5-6-12(15)10-11-18-13-7-3-2-4-8-13/h2-6,10-11H,7-9H2,1H3;2-4,7-8,12,15H,6,10-11H2,1H3. The Hall–Kier alpha value is -2.86. The number of ether oxygens (including phenoxy) is 3. The molecule has 0 bridgehead atoms. The van der Waals surface area contributed by atoms with Crippen molar-refractivity contribution >= 4 is 35.5 Å². The Kier molecular flexibility index (Phi) is 14.3. The predicted molar refractivity (Wildman–Crippen MR) is 144 cm³/mol. The molecule has 0 saturated heterocycles. The first-order valence-electron chi connectivity index (χ1n) is 11.6. The van der Waals surface area contributed by atoms with Crippen LogP contribution in [-0.4, -0.2) is 55.0 Å². The summed E-state index contributed by atoms with van der Waals surface area (Å²) < 4.78 is 14.7. The van der Waals surface area contributed by atoms with E-state index >= 15 is 0 Å². The summed E-state index contributed by atoms with van der Waals surface area (Å²) in [6.45, 7) is 0. The van der Waals surface area contributed by atoms with Crippen LogP contribution in [0.25, 0.3) is 0 Å². The van der Waals surface area contributed by atoms with Crippen molar-refractivity contribution < 1.29 is 28.9 Å². The lowest BCUT2D eigenvalue weighted by Crippen LogP contribution is -2.23. The Morgan fingerprint density at radius 1 is 1.06 bits per heavy atom. The Balaban J connectivity index is 0.000000254. The molecule has 2 aromatic rings. The molecular weight excluding hydrogens is 496 g/mol. The fourth-order valence-electron chi connectivity index (χ4n) is 3.01. The number of hydrogen-bond acceptors (Lipinski definition) is 8. The molecule has 2 atom stereocenters. The number of hydrogen-bond donors (Lipinski definition) is 1. The summed E-state index contributed by atoms with van der Waals surface area (Å²) >= 11 is 3.47. The van der Waals surface area contributed by atoms with Crippen LogP contribution < -0.4 is 0 Å². The summed E-state index contributed by atoms with van der Waals surface area (Å²) in [5.74, 6) is 6.49. The van der Waals surface area contributed by atoms with E-state index < -0.39 is 12.1 Å². The van der Waals surface area contributed by atoms with Gasteiger partial charge in [0.2, 0.25) is 0 Å². The summed E-state index contributed by atoms with van der Waals surface area (Å²) in [6, 6.07) is 20.2. The summed E-state index contributed by atoms with van der Waals surface area (Å²) in [7, 11) is 2.87. The Morgan fingerprint density at radius 3 is 2.25 bits per heavy atom. The Labute approximate surface area is 221 Å². The first kappa shape index (κ1) is 29.4. The molecule has 3 rings (SSSR count). The van der Waals surface area contributed by atoms with Crippen molar-refractivity contribution in [1.82, 2.24) is 0 Å². The first-order chi connectivity index (χ1) is 17.5. The van der Waals surface area contributed by atoms with E-state index in [1.807, 2.05) is 48.5 Å². The molecule has 0 amide bonds. The molecule has 8 heteroatoms. The molecule has 192 valence electrons. The number of cyclic esters (lactones) is 1. The number of aliphatic hydroxyl groups is 1. The Morgan fingerprint density at radius 2 is 1.67 bits per heavy atom. The highest BCUT2D eigenvalue weighted by Crippen LogP contribution is 2.23. The zero-order valence-electron chi connectivity index (χ0n) is 20.6. The van der Waals surface area contributed by atoms with E-state index in [9.17, 15) is 14.7 Å². The van der Waals surface area contributed by atoms with E-state index in [0.717, 1.165) is 17.9 Å². The van der Waals surface area contributed by atoms with Gasteiger partial charge >= 0.3 is 11.9 Å². The first-order valence-corrected chi connectivity index (χ1v) is 13.5. The molecule has 0 aliphatic carbocycles. The van der Waals surface area contributed by atoms with Gasteiger partial charge in [-0.2, -0.15) is 0 Å². The van der Waals surface area contributed by atoms with Crippen molar-refractivity contribution in [2.24, 2.45) is 0 Å². The maximum Gasteiger partial charge on any atom is 0.384 e. The molecule has 0 radical (unpaired) electrons. The van der Waals surface area contributed by atoms with Gasteiger partial charge in [-0.05, 0) is 37.1 Å². The minimum atomic E-state index is -0.569. The van der Waals surface area contributed by atoms with Crippen LogP contribution in [0.2, 0.25) is 0 Å². The summed E-state index contributed by atoms with van der Waals surface area (Å²) in [4.78, 5) is 24.4. The van der Waals surface area contributed by atoms with Gasteiger partial charge in [0.1, 0.15) is 11.9 Å². The SMILES string of the molecule is COC(=O)C#CCC(O)CCSc1ccccc1.COC1=CC(=O)OC(CCSc2ccccc2)C1. The average molecular weight is 529 g/mol. The topological polar surface area (TPSA) is 82.1 Å². The van der Waals surface area contributed by atoms with Crippen molar-refractivity contribution in [1.29, 1.82) is 0 Å². The van der Waals surface area contributed by atoms with Crippen molar-refractivity contribution in [3.8, 4) is 11.8 Å². The number of carbonyl (C=O) groups is 2. The van der Waals surface area contributed by atoms with Gasteiger partial charge in [-0.1, -0.05) is 42.3 Å². The third-order valence-electron chi connectivity index (χ3n) is 4.88. The third kappa shape index (κ3) is 12.7. The van der Waals surface area contributed by atoms with Crippen LogP contribution in [0.3, 0.4) is 0 Å². The van der Waals surface area contributed by atoms with Gasteiger partial charge in [0.15, 0.2) is 0 Å². The molecular formula is C28H32O6S2.